The Morgan fingerprint density at radius 3 is 2.65 bits per heavy atom. The number of halogens is 2. The number of carbonyl (C=O) groups is 2. The van der Waals surface area contributed by atoms with Crippen LogP contribution in [0, 0.1) is 11.6 Å². The van der Waals surface area contributed by atoms with E-state index in [-0.39, 0.29) is 11.4 Å². The Bertz CT molecular complexity index is 548. The normalized spacial score (nSPS) is 21.5. The Labute approximate surface area is 117 Å². The number of amides is 2. The first kappa shape index (κ1) is 14.6. The third kappa shape index (κ3) is 3.01. The van der Waals surface area contributed by atoms with Gasteiger partial charge < -0.3 is 15.7 Å². The van der Waals surface area contributed by atoms with E-state index in [1.807, 2.05) is 0 Å². The van der Waals surface area contributed by atoms with E-state index in [0.717, 1.165) is 12.1 Å². The quantitative estimate of drug-likeness (QED) is 0.798. The number of benzene rings is 1. The molecule has 0 radical (unpaired) electrons. The fraction of sp³-hybridized carbons (Fsp3) is 0.333. The highest BCUT2D eigenvalue weighted by molar-refractivity contribution is 7.99. The molecule has 108 valence electrons. The molecule has 2 rings (SSSR count). The zero-order chi connectivity index (χ0) is 14.8. The molecule has 1 aromatic carbocycles. The van der Waals surface area contributed by atoms with Crippen LogP contribution >= 0.6 is 11.8 Å². The fourth-order valence-corrected chi connectivity index (χ4v) is 3.17. The van der Waals surface area contributed by atoms with Gasteiger partial charge in [-0.15, -0.1) is 0 Å². The highest BCUT2D eigenvalue weighted by Crippen LogP contribution is 2.28. The van der Waals surface area contributed by atoms with Crippen LogP contribution in [0.25, 0.3) is 0 Å². The molecule has 2 amide bonds. The van der Waals surface area contributed by atoms with Gasteiger partial charge >= 0.3 is 12.0 Å². The van der Waals surface area contributed by atoms with Gasteiger partial charge in [0.05, 0.1) is 5.69 Å². The average molecular weight is 302 g/mol. The van der Waals surface area contributed by atoms with E-state index in [1.54, 1.807) is 0 Å². The predicted molar refractivity (Wildman–Crippen MR) is 70.8 cm³/mol. The lowest BCUT2D eigenvalue weighted by Gasteiger charge is -2.24. The van der Waals surface area contributed by atoms with Gasteiger partial charge in [-0.2, -0.15) is 11.8 Å². The van der Waals surface area contributed by atoms with Crippen LogP contribution in [-0.4, -0.2) is 34.2 Å². The zero-order valence-electron chi connectivity index (χ0n) is 10.3. The second kappa shape index (κ2) is 5.66. The summed E-state index contributed by atoms with van der Waals surface area (Å²) in [7, 11) is 0. The Balaban J connectivity index is 2.07. The number of anilines is 1. The molecule has 1 aliphatic heterocycles. The van der Waals surface area contributed by atoms with Crippen molar-refractivity contribution in [3.63, 3.8) is 0 Å². The summed E-state index contributed by atoms with van der Waals surface area (Å²) in [5.74, 6) is -1.94. The van der Waals surface area contributed by atoms with Crippen LogP contribution in [0.15, 0.2) is 18.2 Å². The third-order valence-electron chi connectivity index (χ3n) is 2.96. The Hall–Kier alpha value is -1.83. The standard InChI is InChI=1S/C12H12F2N2O3S/c13-7-1-2-9(8(14)5-7)15-11(19)16-12(10(17)18)3-4-20-6-12/h1-2,5H,3-4,6H2,(H,17,18)(H2,15,16,19). The number of hydrogen-bond acceptors (Lipinski definition) is 3. The topological polar surface area (TPSA) is 78.4 Å². The number of rotatable bonds is 3. The van der Waals surface area contributed by atoms with Crippen molar-refractivity contribution in [3.05, 3.63) is 29.8 Å². The van der Waals surface area contributed by atoms with Crippen LogP contribution < -0.4 is 10.6 Å². The summed E-state index contributed by atoms with van der Waals surface area (Å²) >= 11 is 1.42. The molecule has 1 heterocycles. The molecular formula is C12H12F2N2O3S. The van der Waals surface area contributed by atoms with Crippen LogP contribution in [0.2, 0.25) is 0 Å². The van der Waals surface area contributed by atoms with Gasteiger partial charge in [0.2, 0.25) is 0 Å². The molecule has 1 saturated heterocycles. The maximum Gasteiger partial charge on any atom is 0.330 e. The smallest absolute Gasteiger partial charge is 0.330 e. The molecular weight excluding hydrogens is 290 g/mol. The highest BCUT2D eigenvalue weighted by atomic mass is 32.2. The predicted octanol–water partition coefficient (Wildman–Crippen LogP) is 2.05. The number of nitrogens with one attached hydrogen (secondary N) is 2. The van der Waals surface area contributed by atoms with Gasteiger partial charge in [-0.05, 0) is 24.3 Å². The van der Waals surface area contributed by atoms with Crippen molar-refractivity contribution < 1.29 is 23.5 Å². The molecule has 0 spiro atoms. The summed E-state index contributed by atoms with van der Waals surface area (Å²) < 4.78 is 26.1. The Morgan fingerprint density at radius 2 is 2.10 bits per heavy atom. The third-order valence-corrected chi connectivity index (χ3v) is 4.15. The minimum atomic E-state index is -1.34. The van der Waals surface area contributed by atoms with Gasteiger partial charge in [-0.25, -0.2) is 18.4 Å². The summed E-state index contributed by atoms with van der Waals surface area (Å²) in [6.45, 7) is 0. The summed E-state index contributed by atoms with van der Waals surface area (Å²) in [6.07, 6.45) is 0.298. The van der Waals surface area contributed by atoms with Crippen molar-refractivity contribution in [2.75, 3.05) is 16.8 Å². The number of thioether (sulfide) groups is 1. The summed E-state index contributed by atoms with van der Waals surface area (Å²) in [4.78, 5) is 23.0. The highest BCUT2D eigenvalue weighted by Gasteiger charge is 2.43. The van der Waals surface area contributed by atoms with Crippen molar-refractivity contribution in [1.82, 2.24) is 5.32 Å². The van der Waals surface area contributed by atoms with Crippen LogP contribution in [0.5, 0.6) is 0 Å². The van der Waals surface area contributed by atoms with Crippen molar-refractivity contribution in [2.45, 2.75) is 12.0 Å². The lowest BCUT2D eigenvalue weighted by atomic mass is 10.00. The van der Waals surface area contributed by atoms with Crippen molar-refractivity contribution >= 4 is 29.4 Å². The van der Waals surface area contributed by atoms with Crippen LogP contribution in [0.4, 0.5) is 19.3 Å². The average Bonchev–Trinajstić information content (AvgIpc) is 2.82. The molecule has 3 N–H and O–H groups in total. The number of carboxylic acid groups (broad SMARTS) is 1. The summed E-state index contributed by atoms with van der Waals surface area (Å²) in [5.41, 5.74) is -1.55. The van der Waals surface area contributed by atoms with Gasteiger partial charge in [-0.3, -0.25) is 0 Å². The maximum absolute atomic E-state index is 13.4. The first-order chi connectivity index (χ1) is 9.43. The number of carboxylic acids is 1. The minimum Gasteiger partial charge on any atom is -0.479 e. The fourth-order valence-electron chi connectivity index (χ4n) is 1.85. The molecule has 0 saturated carbocycles. The molecule has 1 atom stereocenters. The van der Waals surface area contributed by atoms with E-state index < -0.39 is 29.2 Å². The molecule has 1 aliphatic rings. The monoisotopic (exact) mass is 302 g/mol. The van der Waals surface area contributed by atoms with Gasteiger partial charge in [0.25, 0.3) is 0 Å². The Morgan fingerprint density at radius 1 is 1.35 bits per heavy atom. The van der Waals surface area contributed by atoms with E-state index in [4.69, 9.17) is 0 Å². The molecule has 0 bridgehead atoms. The second-order valence-corrected chi connectivity index (χ2v) is 5.50. The van der Waals surface area contributed by atoms with E-state index in [9.17, 15) is 23.5 Å². The van der Waals surface area contributed by atoms with Crippen molar-refractivity contribution in [1.29, 1.82) is 0 Å². The number of aliphatic carboxylic acids is 1. The van der Waals surface area contributed by atoms with E-state index in [2.05, 4.69) is 10.6 Å². The molecule has 5 nitrogen and oxygen atoms in total. The second-order valence-electron chi connectivity index (χ2n) is 4.39. The minimum absolute atomic E-state index is 0.213. The largest absolute Gasteiger partial charge is 0.479 e. The molecule has 0 aliphatic carbocycles. The van der Waals surface area contributed by atoms with E-state index in [0.29, 0.717) is 18.2 Å². The van der Waals surface area contributed by atoms with Gasteiger partial charge in [0.1, 0.15) is 17.2 Å². The molecule has 1 unspecified atom stereocenters. The zero-order valence-corrected chi connectivity index (χ0v) is 11.1. The van der Waals surface area contributed by atoms with Gasteiger partial charge in [0, 0.05) is 11.8 Å². The SMILES string of the molecule is O=C(Nc1ccc(F)cc1F)NC1(C(=O)O)CCSC1. The van der Waals surface area contributed by atoms with Crippen LogP contribution in [-0.2, 0) is 4.79 Å². The number of carbonyl (C=O) groups excluding carboxylic acids is 1. The first-order valence-electron chi connectivity index (χ1n) is 5.78. The van der Waals surface area contributed by atoms with Crippen molar-refractivity contribution in [3.8, 4) is 0 Å². The molecule has 20 heavy (non-hydrogen) atoms. The summed E-state index contributed by atoms with van der Waals surface area (Å²) in [5, 5.41) is 13.7. The van der Waals surface area contributed by atoms with Gasteiger partial charge in [0.15, 0.2) is 0 Å². The lowest BCUT2D eigenvalue weighted by Crippen LogP contribution is -2.56. The maximum atomic E-state index is 13.4. The van der Waals surface area contributed by atoms with Gasteiger partial charge in [-0.1, -0.05) is 0 Å². The summed E-state index contributed by atoms with van der Waals surface area (Å²) in [6, 6.07) is 1.87. The molecule has 1 fully saturated rings. The number of hydrogen-bond donors (Lipinski definition) is 3. The van der Waals surface area contributed by atoms with Crippen molar-refractivity contribution in [2.24, 2.45) is 0 Å². The molecule has 1 aromatic rings. The molecule has 8 heteroatoms. The first-order valence-corrected chi connectivity index (χ1v) is 6.94. The van der Waals surface area contributed by atoms with E-state index >= 15 is 0 Å². The van der Waals surface area contributed by atoms with Crippen LogP contribution in [0.3, 0.4) is 0 Å². The lowest BCUT2D eigenvalue weighted by molar-refractivity contribution is -0.143. The van der Waals surface area contributed by atoms with Crippen LogP contribution in [0.1, 0.15) is 6.42 Å². The van der Waals surface area contributed by atoms with E-state index in [1.165, 1.54) is 11.8 Å². The Kier molecular flexibility index (Phi) is 4.12. The molecule has 0 aromatic heterocycles. The number of urea groups is 1.